The molecule has 0 saturated heterocycles. The molecule has 0 amide bonds. The van der Waals surface area contributed by atoms with Crippen LogP contribution < -0.4 is 0 Å². The molecule has 190 valence electrons. The van der Waals surface area contributed by atoms with Gasteiger partial charge in [0.2, 0.25) is 0 Å². The maximum atomic E-state index is 12.1. The number of carbonyl (C=O) groups excluding carboxylic acids is 1. The Balaban J connectivity index is 1.93. The zero-order chi connectivity index (χ0) is 24.2. The quantitative estimate of drug-likeness (QED) is 0.122. The van der Waals surface area contributed by atoms with E-state index in [0.717, 1.165) is 24.2 Å². The fraction of sp³-hybridized carbons (Fsp3) is 0.840. The zero-order valence-corrected chi connectivity index (χ0v) is 22.5. The van der Waals surface area contributed by atoms with Crippen molar-refractivity contribution in [3.05, 3.63) is 5.01 Å². The van der Waals surface area contributed by atoms with Crippen LogP contribution in [-0.2, 0) is 21.2 Å². The lowest BCUT2D eigenvalue weighted by Crippen LogP contribution is -1.96. The molecule has 1 heterocycles. The van der Waals surface area contributed by atoms with E-state index in [1.807, 2.05) is 0 Å². The molecule has 0 radical (unpaired) electrons. The van der Waals surface area contributed by atoms with E-state index in [1.165, 1.54) is 109 Å². The smallest absolute Gasteiger partial charge is 0.300 e. The average Bonchev–Trinajstić information content (AvgIpc) is 3.24. The number of unbranched alkanes of at least 4 members (excludes halogenated alkanes) is 17. The first kappa shape index (κ1) is 29.9. The highest BCUT2D eigenvalue weighted by Gasteiger charge is 2.18. The summed E-state index contributed by atoms with van der Waals surface area (Å²) >= 11 is 0.914. The first-order valence-electron chi connectivity index (χ1n) is 13.1. The summed E-state index contributed by atoms with van der Waals surface area (Å²) in [5.41, 5.74) is 0. The first-order valence-corrected chi connectivity index (χ1v) is 15.3. The van der Waals surface area contributed by atoms with Crippen LogP contribution in [0.15, 0.2) is 8.74 Å². The summed E-state index contributed by atoms with van der Waals surface area (Å²) < 4.78 is 27.8. The van der Waals surface area contributed by atoms with Gasteiger partial charge in [-0.15, -0.1) is 10.2 Å². The van der Waals surface area contributed by atoms with Gasteiger partial charge < -0.3 is 0 Å². The Labute approximate surface area is 206 Å². The van der Waals surface area contributed by atoms with Crippen LogP contribution in [0.2, 0.25) is 0 Å². The third-order valence-electron chi connectivity index (χ3n) is 5.72. The molecule has 0 bridgehead atoms. The molecular weight excluding hydrogens is 454 g/mol. The van der Waals surface area contributed by atoms with Crippen molar-refractivity contribution in [1.29, 1.82) is 0 Å². The Hall–Kier alpha value is -1.15. The van der Waals surface area contributed by atoms with Crippen LogP contribution in [0, 0.1) is 0 Å². The number of Topliss-reactive ketones (excluding diaryl/α,β-unsaturated/α-hetero) is 1. The van der Waals surface area contributed by atoms with E-state index in [9.17, 15) is 13.2 Å². The number of rotatable bonds is 22. The van der Waals surface area contributed by atoms with Gasteiger partial charge in [0, 0.05) is 6.21 Å². The van der Waals surface area contributed by atoms with E-state index in [2.05, 4.69) is 21.5 Å². The molecule has 1 aromatic heterocycles. The number of sulfonamides is 1. The molecule has 0 aliphatic rings. The highest BCUT2D eigenvalue weighted by atomic mass is 32.2. The van der Waals surface area contributed by atoms with E-state index in [-0.39, 0.29) is 16.5 Å². The average molecular weight is 500 g/mol. The molecule has 0 unspecified atom stereocenters. The van der Waals surface area contributed by atoms with Crippen LogP contribution in [0.1, 0.15) is 134 Å². The lowest BCUT2D eigenvalue weighted by molar-refractivity contribution is -0.116. The fourth-order valence-electron chi connectivity index (χ4n) is 3.78. The van der Waals surface area contributed by atoms with Crippen molar-refractivity contribution in [2.75, 3.05) is 0 Å². The number of aromatic nitrogens is 2. The molecule has 8 heteroatoms. The van der Waals surface area contributed by atoms with Crippen LogP contribution in [-0.4, -0.2) is 30.6 Å². The first-order chi connectivity index (χ1) is 16.0. The maximum absolute atomic E-state index is 12.1. The lowest BCUT2D eigenvalue weighted by Gasteiger charge is -2.03. The van der Waals surface area contributed by atoms with E-state index < -0.39 is 10.0 Å². The highest BCUT2D eigenvalue weighted by Crippen LogP contribution is 2.18. The monoisotopic (exact) mass is 499 g/mol. The summed E-state index contributed by atoms with van der Waals surface area (Å²) in [5, 5.41) is 7.81. The minimum atomic E-state index is -3.80. The molecule has 1 rings (SSSR count). The SMILES string of the molecule is CCCCCCCCCCCCCCCCCCCC=NS(=O)(=O)c1nnc(CC(C)=O)s1. The Morgan fingerprint density at radius 2 is 1.24 bits per heavy atom. The Morgan fingerprint density at radius 1 is 0.788 bits per heavy atom. The number of hydrogen-bond donors (Lipinski definition) is 0. The highest BCUT2D eigenvalue weighted by molar-refractivity contribution is 7.92. The summed E-state index contributed by atoms with van der Waals surface area (Å²) in [5.74, 6) is -0.0719. The molecule has 1 aromatic rings. The zero-order valence-electron chi connectivity index (χ0n) is 20.9. The van der Waals surface area contributed by atoms with Gasteiger partial charge in [-0.25, -0.2) is 0 Å². The minimum Gasteiger partial charge on any atom is -0.300 e. The van der Waals surface area contributed by atoms with Gasteiger partial charge in [-0.2, -0.15) is 12.8 Å². The van der Waals surface area contributed by atoms with Crippen LogP contribution in [0.5, 0.6) is 0 Å². The summed E-state index contributed by atoms with van der Waals surface area (Å²) in [4.78, 5) is 11.1. The Kier molecular flexibility index (Phi) is 17.4. The van der Waals surface area contributed by atoms with Gasteiger partial charge >= 0.3 is 10.0 Å². The predicted molar refractivity (Wildman–Crippen MR) is 139 cm³/mol. The van der Waals surface area contributed by atoms with Gasteiger partial charge in [0.25, 0.3) is 4.34 Å². The van der Waals surface area contributed by atoms with Gasteiger partial charge in [0.05, 0.1) is 6.42 Å². The molecule has 0 N–H and O–H groups in total. The van der Waals surface area contributed by atoms with Gasteiger partial charge in [-0.1, -0.05) is 121 Å². The molecule has 0 aliphatic heterocycles. The number of hydrogen-bond acceptors (Lipinski definition) is 6. The second-order valence-corrected chi connectivity index (χ2v) is 11.9. The van der Waals surface area contributed by atoms with Crippen LogP contribution in [0.25, 0.3) is 0 Å². The third-order valence-corrected chi connectivity index (χ3v) is 8.27. The molecule has 0 aliphatic carbocycles. The molecule has 0 atom stereocenters. The number of nitrogens with zero attached hydrogens (tertiary/aromatic N) is 3. The second kappa shape index (κ2) is 19.2. The van der Waals surface area contributed by atoms with Crippen molar-refractivity contribution in [3.8, 4) is 0 Å². The summed E-state index contributed by atoms with van der Waals surface area (Å²) in [6.07, 6.45) is 24.8. The van der Waals surface area contributed by atoms with Crippen LogP contribution in [0.4, 0.5) is 0 Å². The van der Waals surface area contributed by atoms with Gasteiger partial charge in [0.15, 0.2) is 0 Å². The molecular formula is C25H45N3O3S2. The lowest BCUT2D eigenvalue weighted by atomic mass is 10.0. The third kappa shape index (κ3) is 16.2. The Bertz CT molecular complexity index is 761. The van der Waals surface area contributed by atoms with Crippen LogP contribution in [0.3, 0.4) is 0 Å². The van der Waals surface area contributed by atoms with Crippen molar-refractivity contribution < 1.29 is 13.2 Å². The predicted octanol–water partition coefficient (Wildman–Crippen LogP) is 7.47. The maximum Gasteiger partial charge on any atom is 0.311 e. The van der Waals surface area contributed by atoms with Gasteiger partial charge in [-0.05, 0) is 19.8 Å². The minimum absolute atomic E-state index is 0.0719. The number of carbonyl (C=O) groups is 1. The number of ketones is 1. The van der Waals surface area contributed by atoms with Crippen molar-refractivity contribution in [1.82, 2.24) is 10.2 Å². The van der Waals surface area contributed by atoms with Crippen molar-refractivity contribution in [2.24, 2.45) is 4.40 Å². The standard InChI is InChI=1S/C25H45N3O3S2/c1-3-4-5-6-7-8-9-10-11-12-13-14-15-16-17-18-19-20-21-26-33(30,31)25-28-27-24(32-25)22-23(2)29/h21H,3-20,22H2,1-2H3. The second-order valence-electron chi connectivity index (χ2n) is 9.05. The van der Waals surface area contributed by atoms with Gasteiger partial charge in [0.1, 0.15) is 10.8 Å². The fourth-order valence-corrected chi connectivity index (χ4v) is 5.80. The molecule has 0 aromatic carbocycles. The van der Waals surface area contributed by atoms with Crippen molar-refractivity contribution in [3.63, 3.8) is 0 Å². The van der Waals surface area contributed by atoms with Gasteiger partial charge in [-0.3, -0.25) is 4.79 Å². The van der Waals surface area contributed by atoms with Crippen LogP contribution >= 0.6 is 11.3 Å². The summed E-state index contributed by atoms with van der Waals surface area (Å²) in [6, 6.07) is 0. The summed E-state index contributed by atoms with van der Waals surface area (Å²) in [6.45, 7) is 3.71. The Morgan fingerprint density at radius 3 is 1.70 bits per heavy atom. The molecule has 0 saturated carbocycles. The topological polar surface area (TPSA) is 89.3 Å². The van der Waals surface area contributed by atoms with Crippen molar-refractivity contribution >= 4 is 33.4 Å². The summed E-state index contributed by atoms with van der Waals surface area (Å²) in [7, 11) is -3.80. The van der Waals surface area contributed by atoms with E-state index in [4.69, 9.17) is 0 Å². The van der Waals surface area contributed by atoms with E-state index in [1.54, 1.807) is 0 Å². The molecule has 0 spiro atoms. The van der Waals surface area contributed by atoms with E-state index >= 15 is 0 Å². The molecule has 6 nitrogen and oxygen atoms in total. The largest absolute Gasteiger partial charge is 0.311 e. The van der Waals surface area contributed by atoms with Crippen molar-refractivity contribution in [2.45, 2.75) is 140 Å². The normalized spacial score (nSPS) is 12.1. The molecule has 0 fully saturated rings. The van der Waals surface area contributed by atoms with E-state index in [0.29, 0.717) is 11.4 Å². The molecule has 33 heavy (non-hydrogen) atoms.